The zero-order chi connectivity index (χ0) is 11.1. The van der Waals surface area contributed by atoms with E-state index in [1.165, 1.54) is 6.92 Å². The summed E-state index contributed by atoms with van der Waals surface area (Å²) in [5.41, 5.74) is 1.86. The molecule has 1 aromatic carbocycles. The molecule has 0 aliphatic rings. The van der Waals surface area contributed by atoms with Crippen LogP contribution in [0.15, 0.2) is 24.3 Å². The largest absolute Gasteiger partial charge is 0.326 e. The molecule has 1 aromatic rings. The van der Waals surface area contributed by atoms with Gasteiger partial charge in [-0.2, -0.15) is 0 Å². The molecule has 0 unspecified atom stereocenters. The lowest BCUT2D eigenvalue weighted by molar-refractivity contribution is -0.114. The normalized spacial score (nSPS) is 9.33. The first-order valence-electron chi connectivity index (χ1n) is 4.73. The monoisotopic (exact) mass is 202 g/mol. The third-order valence-corrected chi connectivity index (χ3v) is 1.87. The standard InChI is InChI=1S/C12H14N2O/c1-3-8-13-9-11-6-4-5-7-12(11)14-10(2)15/h1,4-7,13H,8-9H2,2H3,(H,14,15). The molecular formula is C12H14N2O. The molecule has 1 rings (SSSR count). The van der Waals surface area contributed by atoms with Crippen molar-refractivity contribution in [3.63, 3.8) is 0 Å². The van der Waals surface area contributed by atoms with Crippen LogP contribution >= 0.6 is 0 Å². The fourth-order valence-electron chi connectivity index (χ4n) is 1.26. The van der Waals surface area contributed by atoms with E-state index < -0.39 is 0 Å². The van der Waals surface area contributed by atoms with Gasteiger partial charge in [-0.15, -0.1) is 6.42 Å². The van der Waals surface area contributed by atoms with Gasteiger partial charge in [0.25, 0.3) is 0 Å². The van der Waals surface area contributed by atoms with Gasteiger partial charge in [0.2, 0.25) is 5.91 Å². The van der Waals surface area contributed by atoms with Crippen molar-refractivity contribution >= 4 is 11.6 Å². The molecule has 3 heteroatoms. The molecule has 0 saturated heterocycles. The maximum atomic E-state index is 10.9. The average molecular weight is 202 g/mol. The molecule has 0 bridgehead atoms. The zero-order valence-electron chi connectivity index (χ0n) is 8.71. The molecule has 78 valence electrons. The highest BCUT2D eigenvalue weighted by molar-refractivity contribution is 5.89. The van der Waals surface area contributed by atoms with Gasteiger partial charge in [-0.05, 0) is 11.6 Å². The van der Waals surface area contributed by atoms with E-state index in [0.717, 1.165) is 11.3 Å². The van der Waals surface area contributed by atoms with E-state index in [0.29, 0.717) is 13.1 Å². The third-order valence-electron chi connectivity index (χ3n) is 1.87. The van der Waals surface area contributed by atoms with Gasteiger partial charge in [0.05, 0.1) is 6.54 Å². The van der Waals surface area contributed by atoms with Crippen molar-refractivity contribution in [2.45, 2.75) is 13.5 Å². The molecule has 0 aliphatic heterocycles. The molecule has 0 spiro atoms. The Bertz CT molecular complexity index is 379. The first-order chi connectivity index (χ1) is 7.24. The van der Waals surface area contributed by atoms with Crippen LogP contribution in [0.2, 0.25) is 0 Å². The summed E-state index contributed by atoms with van der Waals surface area (Å²) in [6.45, 7) is 2.67. The van der Waals surface area contributed by atoms with Crippen LogP contribution in [0.4, 0.5) is 5.69 Å². The molecular weight excluding hydrogens is 188 g/mol. The van der Waals surface area contributed by atoms with Gasteiger partial charge in [0.1, 0.15) is 0 Å². The molecule has 15 heavy (non-hydrogen) atoms. The SMILES string of the molecule is C#CCNCc1ccccc1NC(C)=O. The van der Waals surface area contributed by atoms with Crippen molar-refractivity contribution < 1.29 is 4.79 Å². The quantitative estimate of drug-likeness (QED) is 0.572. The number of carbonyl (C=O) groups is 1. The molecule has 0 heterocycles. The lowest BCUT2D eigenvalue weighted by atomic mass is 10.1. The Balaban J connectivity index is 2.69. The minimum Gasteiger partial charge on any atom is -0.326 e. The zero-order valence-corrected chi connectivity index (χ0v) is 8.71. The fourth-order valence-corrected chi connectivity index (χ4v) is 1.26. The number of amides is 1. The number of para-hydroxylation sites is 1. The third kappa shape index (κ3) is 3.84. The number of carbonyl (C=O) groups excluding carboxylic acids is 1. The summed E-state index contributed by atoms with van der Waals surface area (Å²) in [6.07, 6.45) is 5.13. The Morgan fingerprint density at radius 1 is 1.47 bits per heavy atom. The lowest BCUT2D eigenvalue weighted by Gasteiger charge is -2.09. The Hall–Kier alpha value is -1.79. The number of hydrogen-bond donors (Lipinski definition) is 2. The molecule has 0 radical (unpaired) electrons. The van der Waals surface area contributed by atoms with E-state index in [1.54, 1.807) is 0 Å². The van der Waals surface area contributed by atoms with E-state index in [4.69, 9.17) is 6.42 Å². The lowest BCUT2D eigenvalue weighted by Crippen LogP contribution is -2.15. The molecule has 0 aromatic heterocycles. The Morgan fingerprint density at radius 2 is 2.20 bits per heavy atom. The summed E-state index contributed by atoms with van der Waals surface area (Å²) in [5, 5.41) is 5.85. The summed E-state index contributed by atoms with van der Waals surface area (Å²) in [6, 6.07) is 7.64. The van der Waals surface area contributed by atoms with Crippen molar-refractivity contribution in [2.24, 2.45) is 0 Å². The van der Waals surface area contributed by atoms with Crippen molar-refractivity contribution in [1.82, 2.24) is 5.32 Å². The van der Waals surface area contributed by atoms with E-state index in [-0.39, 0.29) is 5.91 Å². The minimum absolute atomic E-state index is 0.0700. The van der Waals surface area contributed by atoms with E-state index >= 15 is 0 Å². The van der Waals surface area contributed by atoms with Crippen LogP contribution in [0.3, 0.4) is 0 Å². The highest BCUT2D eigenvalue weighted by Gasteiger charge is 2.01. The van der Waals surface area contributed by atoms with Crippen molar-refractivity contribution in [3.8, 4) is 12.3 Å². The second-order valence-electron chi connectivity index (χ2n) is 3.15. The van der Waals surface area contributed by atoms with Gasteiger partial charge in [-0.1, -0.05) is 24.1 Å². The summed E-state index contributed by atoms with van der Waals surface area (Å²) in [4.78, 5) is 10.9. The van der Waals surface area contributed by atoms with Crippen LogP contribution in [-0.4, -0.2) is 12.5 Å². The van der Waals surface area contributed by atoms with Gasteiger partial charge in [-0.25, -0.2) is 0 Å². The molecule has 2 N–H and O–H groups in total. The fraction of sp³-hybridized carbons (Fsp3) is 0.250. The number of rotatable bonds is 4. The van der Waals surface area contributed by atoms with E-state index in [2.05, 4.69) is 16.6 Å². The second kappa shape index (κ2) is 5.84. The van der Waals surface area contributed by atoms with Crippen molar-refractivity contribution in [2.75, 3.05) is 11.9 Å². The molecule has 0 fully saturated rings. The van der Waals surface area contributed by atoms with Gasteiger partial charge in [0.15, 0.2) is 0 Å². The maximum absolute atomic E-state index is 10.9. The van der Waals surface area contributed by atoms with E-state index in [9.17, 15) is 4.79 Å². The van der Waals surface area contributed by atoms with E-state index in [1.807, 2.05) is 24.3 Å². The Kier molecular flexibility index (Phi) is 4.39. The van der Waals surface area contributed by atoms with Gasteiger partial charge >= 0.3 is 0 Å². The summed E-state index contributed by atoms with van der Waals surface area (Å²) < 4.78 is 0. The van der Waals surface area contributed by atoms with Gasteiger partial charge < -0.3 is 10.6 Å². The minimum atomic E-state index is -0.0700. The number of benzene rings is 1. The van der Waals surface area contributed by atoms with Crippen LogP contribution in [0.1, 0.15) is 12.5 Å². The van der Waals surface area contributed by atoms with Gasteiger partial charge in [-0.3, -0.25) is 4.79 Å². The topological polar surface area (TPSA) is 41.1 Å². The van der Waals surface area contributed by atoms with Gasteiger partial charge in [0, 0.05) is 19.2 Å². The smallest absolute Gasteiger partial charge is 0.221 e. The highest BCUT2D eigenvalue weighted by Crippen LogP contribution is 2.14. The number of hydrogen-bond acceptors (Lipinski definition) is 2. The van der Waals surface area contributed by atoms with Crippen molar-refractivity contribution in [1.29, 1.82) is 0 Å². The average Bonchev–Trinajstić information content (AvgIpc) is 2.20. The first-order valence-corrected chi connectivity index (χ1v) is 4.73. The van der Waals surface area contributed by atoms with Crippen LogP contribution in [-0.2, 0) is 11.3 Å². The van der Waals surface area contributed by atoms with Crippen LogP contribution in [0, 0.1) is 12.3 Å². The summed E-state index contributed by atoms with van der Waals surface area (Å²) >= 11 is 0. The Labute approximate surface area is 89.9 Å². The molecule has 0 aliphatic carbocycles. The first kappa shape index (κ1) is 11.3. The molecule has 3 nitrogen and oxygen atoms in total. The predicted molar refractivity (Wildman–Crippen MR) is 61.3 cm³/mol. The Morgan fingerprint density at radius 3 is 2.87 bits per heavy atom. The number of nitrogens with one attached hydrogen (secondary N) is 2. The van der Waals surface area contributed by atoms with Crippen LogP contribution < -0.4 is 10.6 Å². The molecule has 1 amide bonds. The molecule has 0 saturated carbocycles. The maximum Gasteiger partial charge on any atom is 0.221 e. The highest BCUT2D eigenvalue weighted by atomic mass is 16.1. The predicted octanol–water partition coefficient (Wildman–Crippen LogP) is 1.37. The van der Waals surface area contributed by atoms with Crippen molar-refractivity contribution in [3.05, 3.63) is 29.8 Å². The van der Waals surface area contributed by atoms with Crippen LogP contribution in [0.5, 0.6) is 0 Å². The summed E-state index contributed by atoms with van der Waals surface area (Å²) in [5.74, 6) is 2.43. The number of terminal acetylenes is 1. The molecule has 0 atom stereocenters. The van der Waals surface area contributed by atoms with Crippen LogP contribution in [0.25, 0.3) is 0 Å². The number of anilines is 1. The summed E-state index contributed by atoms with van der Waals surface area (Å²) in [7, 11) is 0. The second-order valence-corrected chi connectivity index (χ2v) is 3.15.